The first-order valence-electron chi connectivity index (χ1n) is 11.1. The van der Waals surface area contributed by atoms with E-state index in [-0.39, 0.29) is 28.7 Å². The van der Waals surface area contributed by atoms with Gasteiger partial charge in [0.05, 0.1) is 10.9 Å². The summed E-state index contributed by atoms with van der Waals surface area (Å²) in [5.41, 5.74) is 1.60. The van der Waals surface area contributed by atoms with Crippen LogP contribution in [0.15, 0.2) is 65.1 Å². The van der Waals surface area contributed by atoms with Gasteiger partial charge in [-0.15, -0.1) is 0 Å². The molecule has 1 N–H and O–H groups in total. The summed E-state index contributed by atoms with van der Waals surface area (Å²) in [6.07, 6.45) is 2.87. The van der Waals surface area contributed by atoms with Crippen molar-refractivity contribution >= 4 is 31.4 Å². The van der Waals surface area contributed by atoms with Crippen LogP contribution in [-0.4, -0.2) is 48.5 Å². The first-order valence-corrected chi connectivity index (χ1v) is 14.0. The number of carboxylic acids is 1. The van der Waals surface area contributed by atoms with Gasteiger partial charge in [-0.1, -0.05) is 35.9 Å². The Hall–Kier alpha value is -2.49. The molecule has 1 aliphatic heterocycles. The Balaban J connectivity index is 1.61. The molecule has 0 amide bonds. The van der Waals surface area contributed by atoms with E-state index in [2.05, 4.69) is 0 Å². The van der Waals surface area contributed by atoms with Crippen molar-refractivity contribution in [3.63, 3.8) is 0 Å². The van der Waals surface area contributed by atoms with Crippen molar-refractivity contribution in [1.29, 1.82) is 0 Å². The topological polar surface area (TPSA) is 91.8 Å². The molecule has 0 spiro atoms. The standard InChI is InChI=1S/C25H26FNO5S2/c1-16-6-10-19(11-7-16)34(31,32)33-22-12-13-27(15-18(22)14-23(28)29)24(25(30)17-8-9-17)20-4-2-3-5-21(20)26/h2-7,10-11,14,17,22,24H,8-9,12-13,15H2,1H3,(H,28,29)/b18-14+. The fourth-order valence-corrected chi connectivity index (χ4v) is 7.84. The smallest absolute Gasteiger partial charge is 0.328 e. The second-order valence-corrected chi connectivity index (χ2v) is 12.8. The lowest BCUT2D eigenvalue weighted by Gasteiger charge is -2.38. The molecule has 0 bridgehead atoms. The SMILES string of the molecule is Cc1ccc(S(=O)(=O)SC2CCN(C(C(=O)C3CC3)c3ccccc3F)C/C2=C\C(=O)O)cc1. The number of ketones is 1. The predicted octanol–water partition coefficient (Wildman–Crippen LogP) is 4.36. The minimum absolute atomic E-state index is 0.0712. The number of hydrogen-bond acceptors (Lipinski definition) is 6. The maximum Gasteiger partial charge on any atom is 0.328 e. The number of carbonyl (C=O) groups is 2. The van der Waals surface area contributed by atoms with E-state index in [9.17, 15) is 27.5 Å². The molecule has 1 heterocycles. The number of likely N-dealkylation sites (tertiary alicyclic amines) is 1. The van der Waals surface area contributed by atoms with Crippen LogP contribution in [0.4, 0.5) is 4.39 Å². The lowest BCUT2D eigenvalue weighted by Crippen LogP contribution is -2.43. The lowest BCUT2D eigenvalue weighted by atomic mass is 9.93. The molecule has 2 aliphatic rings. The summed E-state index contributed by atoms with van der Waals surface area (Å²) < 4.78 is 40.7. The van der Waals surface area contributed by atoms with Crippen LogP contribution in [0, 0.1) is 18.7 Å². The fourth-order valence-electron chi connectivity index (χ4n) is 4.24. The zero-order chi connectivity index (χ0) is 24.5. The number of benzene rings is 2. The maximum atomic E-state index is 14.7. The third kappa shape index (κ3) is 5.59. The number of aryl methyl sites for hydroxylation is 1. The van der Waals surface area contributed by atoms with Crippen LogP contribution in [0.5, 0.6) is 0 Å². The molecule has 9 heteroatoms. The first-order chi connectivity index (χ1) is 16.2. The second-order valence-electron chi connectivity index (χ2n) is 8.77. The van der Waals surface area contributed by atoms with Crippen LogP contribution >= 0.6 is 10.8 Å². The molecular weight excluding hydrogens is 477 g/mol. The highest BCUT2D eigenvalue weighted by molar-refractivity contribution is 8.72. The summed E-state index contributed by atoms with van der Waals surface area (Å²) in [5, 5.41) is 8.86. The number of Topliss-reactive ketones (excluding diaryl/α,β-unsaturated/α-hetero) is 1. The normalized spacial score (nSPS) is 21.4. The van der Waals surface area contributed by atoms with E-state index in [4.69, 9.17) is 0 Å². The molecule has 180 valence electrons. The van der Waals surface area contributed by atoms with Gasteiger partial charge in [0, 0.05) is 35.9 Å². The van der Waals surface area contributed by atoms with Gasteiger partial charge in [-0.05, 0) is 60.8 Å². The molecular formula is C25H26FNO5S2. The van der Waals surface area contributed by atoms with Crippen molar-refractivity contribution < 1.29 is 27.5 Å². The molecule has 0 radical (unpaired) electrons. The van der Waals surface area contributed by atoms with Crippen LogP contribution in [0.3, 0.4) is 0 Å². The van der Waals surface area contributed by atoms with E-state index in [0.717, 1.165) is 35.3 Å². The van der Waals surface area contributed by atoms with Gasteiger partial charge in [0.1, 0.15) is 5.82 Å². The molecule has 0 aromatic heterocycles. The number of carbonyl (C=O) groups excluding carboxylic acids is 1. The number of carboxylic acid groups (broad SMARTS) is 1. The van der Waals surface area contributed by atoms with Gasteiger partial charge in [-0.25, -0.2) is 17.6 Å². The number of rotatable bonds is 8. The number of piperidine rings is 1. The van der Waals surface area contributed by atoms with Gasteiger partial charge < -0.3 is 5.11 Å². The third-order valence-corrected chi connectivity index (χ3v) is 10.1. The largest absolute Gasteiger partial charge is 0.478 e. The Bertz CT molecular complexity index is 1220. The quantitative estimate of drug-likeness (QED) is 0.423. The average molecular weight is 504 g/mol. The Labute approximate surface area is 202 Å². The molecule has 2 unspecified atom stereocenters. The van der Waals surface area contributed by atoms with E-state index in [1.807, 2.05) is 6.92 Å². The Morgan fingerprint density at radius 2 is 1.79 bits per heavy atom. The van der Waals surface area contributed by atoms with Crippen LogP contribution in [0.1, 0.15) is 36.4 Å². The van der Waals surface area contributed by atoms with Crippen molar-refractivity contribution in [2.75, 3.05) is 13.1 Å². The van der Waals surface area contributed by atoms with Crippen LogP contribution < -0.4 is 0 Å². The predicted molar refractivity (Wildman–Crippen MR) is 129 cm³/mol. The highest BCUT2D eigenvalue weighted by atomic mass is 33.1. The molecule has 6 nitrogen and oxygen atoms in total. The molecule has 1 aliphatic carbocycles. The van der Waals surface area contributed by atoms with Gasteiger partial charge in [0.15, 0.2) is 5.78 Å². The van der Waals surface area contributed by atoms with E-state index in [1.54, 1.807) is 35.2 Å². The zero-order valence-electron chi connectivity index (χ0n) is 18.7. The number of aliphatic carboxylic acids is 1. The number of nitrogens with zero attached hydrogens (tertiary/aromatic N) is 1. The lowest BCUT2D eigenvalue weighted by molar-refractivity contribution is -0.131. The summed E-state index contributed by atoms with van der Waals surface area (Å²) in [6.45, 7) is 2.28. The van der Waals surface area contributed by atoms with Crippen LogP contribution in [-0.2, 0) is 18.5 Å². The molecule has 4 rings (SSSR count). The van der Waals surface area contributed by atoms with Gasteiger partial charge in [0.25, 0.3) is 0 Å². The minimum Gasteiger partial charge on any atom is -0.478 e. The van der Waals surface area contributed by atoms with Crippen molar-refractivity contribution in [1.82, 2.24) is 4.90 Å². The summed E-state index contributed by atoms with van der Waals surface area (Å²) in [5.74, 6) is -1.86. The summed E-state index contributed by atoms with van der Waals surface area (Å²) >= 11 is 0. The molecule has 2 atom stereocenters. The van der Waals surface area contributed by atoms with Crippen molar-refractivity contribution in [3.05, 3.63) is 77.1 Å². The third-order valence-electron chi connectivity index (χ3n) is 6.15. The number of hydrogen-bond donors (Lipinski definition) is 1. The summed E-state index contributed by atoms with van der Waals surface area (Å²) in [4.78, 5) is 26.7. The van der Waals surface area contributed by atoms with E-state index >= 15 is 0 Å². The first kappa shape index (κ1) is 24.6. The Kier molecular flexibility index (Phi) is 7.25. The van der Waals surface area contributed by atoms with Crippen molar-refractivity contribution in [2.45, 2.75) is 42.4 Å². The fraction of sp³-hybridized carbons (Fsp3) is 0.360. The monoisotopic (exact) mass is 503 g/mol. The Morgan fingerprint density at radius 3 is 2.41 bits per heavy atom. The highest BCUT2D eigenvalue weighted by Gasteiger charge is 2.42. The van der Waals surface area contributed by atoms with Crippen molar-refractivity contribution in [3.8, 4) is 0 Å². The second kappa shape index (κ2) is 10.0. The molecule has 2 aromatic carbocycles. The maximum absolute atomic E-state index is 14.7. The molecule has 34 heavy (non-hydrogen) atoms. The molecule has 1 saturated carbocycles. The van der Waals surface area contributed by atoms with E-state index < -0.39 is 31.9 Å². The highest BCUT2D eigenvalue weighted by Crippen LogP contribution is 2.41. The molecule has 2 aromatic rings. The van der Waals surface area contributed by atoms with Crippen LogP contribution in [0.2, 0.25) is 0 Å². The summed E-state index contributed by atoms with van der Waals surface area (Å²) in [7, 11) is -3.00. The van der Waals surface area contributed by atoms with Crippen molar-refractivity contribution in [2.24, 2.45) is 5.92 Å². The summed E-state index contributed by atoms with van der Waals surface area (Å²) in [6, 6.07) is 11.8. The van der Waals surface area contributed by atoms with Gasteiger partial charge in [-0.3, -0.25) is 9.69 Å². The molecule has 2 fully saturated rings. The average Bonchev–Trinajstić information content (AvgIpc) is 3.62. The van der Waals surface area contributed by atoms with Crippen LogP contribution in [0.25, 0.3) is 0 Å². The van der Waals surface area contributed by atoms with E-state index in [1.165, 1.54) is 18.2 Å². The Morgan fingerprint density at radius 1 is 1.12 bits per heavy atom. The van der Waals surface area contributed by atoms with Gasteiger partial charge >= 0.3 is 5.97 Å². The van der Waals surface area contributed by atoms with Gasteiger partial charge in [-0.2, -0.15) is 0 Å². The minimum atomic E-state index is -3.72. The number of halogens is 1. The zero-order valence-corrected chi connectivity index (χ0v) is 20.3. The van der Waals surface area contributed by atoms with E-state index in [0.29, 0.717) is 18.5 Å². The molecule has 1 saturated heterocycles. The van der Waals surface area contributed by atoms with Gasteiger partial charge in [0.2, 0.25) is 8.87 Å².